The summed E-state index contributed by atoms with van der Waals surface area (Å²) < 4.78 is 1.91. The maximum absolute atomic E-state index is 4.49. The Morgan fingerprint density at radius 2 is 2.07 bits per heavy atom. The van der Waals surface area contributed by atoms with Crippen LogP contribution in [-0.4, -0.2) is 42.6 Å². The first-order chi connectivity index (χ1) is 13.3. The van der Waals surface area contributed by atoms with Crippen molar-refractivity contribution in [2.75, 3.05) is 13.1 Å². The van der Waals surface area contributed by atoms with Gasteiger partial charge in [0.15, 0.2) is 0 Å². The molecule has 1 saturated heterocycles. The van der Waals surface area contributed by atoms with E-state index in [1.54, 1.807) is 6.33 Å². The average Bonchev–Trinajstić information content (AvgIpc) is 3.16. The molecule has 3 aromatic heterocycles. The van der Waals surface area contributed by atoms with E-state index in [0.717, 1.165) is 30.8 Å². The first-order valence-electron chi connectivity index (χ1n) is 9.50. The molecule has 0 aliphatic carbocycles. The minimum absolute atomic E-state index is 0.442. The summed E-state index contributed by atoms with van der Waals surface area (Å²) in [6, 6.07) is 12.7. The SMILES string of the molecule is Cc1cc(C2CCCN(Cc3ccnc4ccccc34)C2)n2ncnc2n1. The number of para-hydroxylation sites is 1. The third-order valence-corrected chi connectivity index (χ3v) is 5.46. The zero-order chi connectivity index (χ0) is 18.2. The van der Waals surface area contributed by atoms with Crippen LogP contribution >= 0.6 is 0 Å². The highest BCUT2D eigenvalue weighted by Crippen LogP contribution is 2.29. The number of benzene rings is 1. The number of hydrogen-bond donors (Lipinski definition) is 0. The fraction of sp³-hybridized carbons (Fsp3) is 0.333. The third kappa shape index (κ3) is 3.06. The average molecular weight is 358 g/mol. The summed E-state index contributed by atoms with van der Waals surface area (Å²) in [6.07, 6.45) is 5.87. The highest BCUT2D eigenvalue weighted by Gasteiger charge is 2.24. The lowest BCUT2D eigenvalue weighted by molar-refractivity contribution is 0.198. The lowest BCUT2D eigenvalue weighted by Gasteiger charge is -2.33. The van der Waals surface area contributed by atoms with E-state index in [1.165, 1.54) is 29.5 Å². The summed E-state index contributed by atoms with van der Waals surface area (Å²) in [6.45, 7) is 5.12. The van der Waals surface area contributed by atoms with E-state index in [4.69, 9.17) is 0 Å². The minimum atomic E-state index is 0.442. The molecule has 1 unspecified atom stereocenters. The normalized spacial score (nSPS) is 18.3. The molecule has 1 aromatic carbocycles. The van der Waals surface area contributed by atoms with Crippen molar-refractivity contribution in [3.8, 4) is 0 Å². The predicted octanol–water partition coefficient (Wildman–Crippen LogP) is 3.36. The van der Waals surface area contributed by atoms with Crippen LogP contribution in [0.4, 0.5) is 0 Å². The van der Waals surface area contributed by atoms with E-state index in [1.807, 2.05) is 23.7 Å². The number of likely N-dealkylation sites (tertiary alicyclic amines) is 1. The first kappa shape index (κ1) is 16.3. The summed E-state index contributed by atoms with van der Waals surface area (Å²) in [5, 5.41) is 5.65. The summed E-state index contributed by atoms with van der Waals surface area (Å²) in [7, 11) is 0. The molecule has 0 amide bonds. The van der Waals surface area contributed by atoms with Gasteiger partial charge in [-0.05, 0) is 50.1 Å². The van der Waals surface area contributed by atoms with Crippen molar-refractivity contribution in [3.05, 3.63) is 65.9 Å². The highest BCUT2D eigenvalue weighted by atomic mass is 15.3. The predicted molar refractivity (Wildman–Crippen MR) is 105 cm³/mol. The first-order valence-corrected chi connectivity index (χ1v) is 9.50. The topological polar surface area (TPSA) is 59.2 Å². The van der Waals surface area contributed by atoms with Gasteiger partial charge in [-0.1, -0.05) is 18.2 Å². The van der Waals surface area contributed by atoms with Gasteiger partial charge in [0.25, 0.3) is 5.78 Å². The lowest BCUT2D eigenvalue weighted by Crippen LogP contribution is -2.34. The van der Waals surface area contributed by atoms with Gasteiger partial charge in [0.1, 0.15) is 6.33 Å². The Bertz CT molecular complexity index is 1100. The Hall–Kier alpha value is -2.86. The van der Waals surface area contributed by atoms with Gasteiger partial charge in [-0.25, -0.2) is 9.50 Å². The van der Waals surface area contributed by atoms with Crippen molar-refractivity contribution >= 4 is 16.7 Å². The van der Waals surface area contributed by atoms with Crippen molar-refractivity contribution in [2.45, 2.75) is 32.2 Å². The van der Waals surface area contributed by atoms with Crippen LogP contribution in [0, 0.1) is 6.92 Å². The molecule has 1 fully saturated rings. The molecule has 1 aliphatic heterocycles. The Kier molecular flexibility index (Phi) is 4.05. The van der Waals surface area contributed by atoms with Gasteiger partial charge >= 0.3 is 0 Å². The van der Waals surface area contributed by atoms with Gasteiger partial charge in [0.2, 0.25) is 0 Å². The molecule has 0 radical (unpaired) electrons. The van der Waals surface area contributed by atoms with E-state index < -0.39 is 0 Å². The second-order valence-electron chi connectivity index (χ2n) is 7.36. The molecule has 0 N–H and O–H groups in total. The van der Waals surface area contributed by atoms with E-state index >= 15 is 0 Å². The van der Waals surface area contributed by atoms with E-state index in [0.29, 0.717) is 11.7 Å². The van der Waals surface area contributed by atoms with Crippen LogP contribution in [0.3, 0.4) is 0 Å². The van der Waals surface area contributed by atoms with E-state index in [9.17, 15) is 0 Å². The summed E-state index contributed by atoms with van der Waals surface area (Å²) >= 11 is 0. The number of pyridine rings is 1. The van der Waals surface area contributed by atoms with Crippen molar-refractivity contribution in [1.82, 2.24) is 29.5 Å². The molecule has 0 saturated carbocycles. The Morgan fingerprint density at radius 1 is 1.15 bits per heavy atom. The molecule has 4 aromatic rings. The number of piperidine rings is 1. The van der Waals surface area contributed by atoms with Crippen LogP contribution in [0.1, 0.15) is 35.7 Å². The molecule has 6 nitrogen and oxygen atoms in total. The highest BCUT2D eigenvalue weighted by molar-refractivity contribution is 5.81. The molecular formula is C21H22N6. The minimum Gasteiger partial charge on any atom is -0.298 e. The third-order valence-electron chi connectivity index (χ3n) is 5.46. The Labute approximate surface area is 157 Å². The lowest BCUT2D eigenvalue weighted by atomic mass is 9.93. The van der Waals surface area contributed by atoms with Crippen molar-refractivity contribution in [3.63, 3.8) is 0 Å². The maximum atomic E-state index is 4.49. The number of aromatic nitrogens is 5. The van der Waals surface area contributed by atoms with E-state index in [2.05, 4.69) is 55.3 Å². The van der Waals surface area contributed by atoms with Gasteiger partial charge in [-0.2, -0.15) is 10.1 Å². The smallest absolute Gasteiger partial charge is 0.252 e. The molecule has 1 aliphatic rings. The summed E-state index contributed by atoms with van der Waals surface area (Å²) in [5.41, 5.74) is 4.64. The number of nitrogens with zero attached hydrogens (tertiary/aromatic N) is 6. The fourth-order valence-corrected chi connectivity index (χ4v) is 4.22. The number of aryl methyl sites for hydroxylation is 1. The van der Waals surface area contributed by atoms with Crippen LogP contribution < -0.4 is 0 Å². The van der Waals surface area contributed by atoms with Crippen LogP contribution in [-0.2, 0) is 6.54 Å². The van der Waals surface area contributed by atoms with Crippen LogP contribution in [0.2, 0.25) is 0 Å². The second-order valence-corrected chi connectivity index (χ2v) is 7.36. The second kappa shape index (κ2) is 6.70. The zero-order valence-electron chi connectivity index (χ0n) is 15.4. The van der Waals surface area contributed by atoms with Crippen molar-refractivity contribution in [1.29, 1.82) is 0 Å². The van der Waals surface area contributed by atoms with Crippen molar-refractivity contribution < 1.29 is 0 Å². The molecular weight excluding hydrogens is 336 g/mol. The van der Waals surface area contributed by atoms with Gasteiger partial charge in [0.05, 0.1) is 11.2 Å². The molecule has 4 heterocycles. The maximum Gasteiger partial charge on any atom is 0.252 e. The number of fused-ring (bicyclic) bond motifs is 2. The van der Waals surface area contributed by atoms with E-state index in [-0.39, 0.29) is 0 Å². The quantitative estimate of drug-likeness (QED) is 0.562. The standard InChI is InChI=1S/C21H22N6/c1-15-11-20(27-21(25-15)23-14-24-27)17-5-4-10-26(13-17)12-16-8-9-22-19-7-3-2-6-18(16)19/h2-3,6-9,11,14,17H,4-5,10,12-13H2,1H3. The largest absolute Gasteiger partial charge is 0.298 e. The molecule has 6 heteroatoms. The molecule has 5 rings (SSSR count). The van der Waals surface area contributed by atoms with Crippen LogP contribution in [0.15, 0.2) is 48.9 Å². The monoisotopic (exact) mass is 358 g/mol. The Morgan fingerprint density at radius 3 is 3.04 bits per heavy atom. The Balaban J connectivity index is 1.43. The van der Waals surface area contributed by atoms with Gasteiger partial charge in [-0.15, -0.1) is 0 Å². The molecule has 0 spiro atoms. The zero-order valence-corrected chi connectivity index (χ0v) is 15.4. The summed E-state index contributed by atoms with van der Waals surface area (Å²) in [4.78, 5) is 15.8. The molecule has 1 atom stereocenters. The molecule has 0 bridgehead atoms. The van der Waals surface area contributed by atoms with Gasteiger partial charge in [0, 0.05) is 36.3 Å². The van der Waals surface area contributed by atoms with Crippen LogP contribution in [0.25, 0.3) is 16.7 Å². The number of hydrogen-bond acceptors (Lipinski definition) is 5. The molecule has 136 valence electrons. The van der Waals surface area contributed by atoms with Crippen LogP contribution in [0.5, 0.6) is 0 Å². The summed E-state index contributed by atoms with van der Waals surface area (Å²) in [5.74, 6) is 1.14. The molecule has 27 heavy (non-hydrogen) atoms. The van der Waals surface area contributed by atoms with Gasteiger partial charge < -0.3 is 0 Å². The van der Waals surface area contributed by atoms with Crippen molar-refractivity contribution in [2.24, 2.45) is 0 Å². The number of rotatable bonds is 3. The van der Waals surface area contributed by atoms with Gasteiger partial charge in [-0.3, -0.25) is 9.88 Å². The fourth-order valence-electron chi connectivity index (χ4n) is 4.22.